The first-order valence-electron chi connectivity index (χ1n) is 10.3. The van der Waals surface area contributed by atoms with Crippen LogP contribution in [0.5, 0.6) is 5.75 Å². The third-order valence-electron chi connectivity index (χ3n) is 5.99. The van der Waals surface area contributed by atoms with Crippen LogP contribution in [0, 0.1) is 0 Å². The third-order valence-corrected chi connectivity index (χ3v) is 7.63. The van der Waals surface area contributed by atoms with E-state index in [0.29, 0.717) is 20.7 Å². The predicted octanol–water partition coefficient (Wildman–Crippen LogP) is 4.61. The number of carbonyl (C=O) groups excluding carboxylic acids is 1. The van der Waals surface area contributed by atoms with Crippen molar-refractivity contribution < 1.29 is 17.9 Å². The lowest BCUT2D eigenvalue weighted by atomic mass is 9.96. The lowest BCUT2D eigenvalue weighted by molar-refractivity contribution is -0.120. The summed E-state index contributed by atoms with van der Waals surface area (Å²) in [5.74, 6) is -0.102. The highest BCUT2D eigenvalue weighted by Gasteiger charge is 2.41. The van der Waals surface area contributed by atoms with E-state index < -0.39 is 9.84 Å². The van der Waals surface area contributed by atoms with E-state index in [1.165, 1.54) is 12.3 Å². The van der Waals surface area contributed by atoms with Crippen LogP contribution in [0.25, 0.3) is 0 Å². The van der Waals surface area contributed by atoms with Gasteiger partial charge in [-0.15, -0.1) is 0 Å². The van der Waals surface area contributed by atoms with Crippen molar-refractivity contribution in [1.82, 2.24) is 5.32 Å². The van der Waals surface area contributed by atoms with Crippen molar-refractivity contribution in [3.63, 3.8) is 0 Å². The molecule has 2 bridgehead atoms. The van der Waals surface area contributed by atoms with Gasteiger partial charge in [-0.2, -0.15) is 0 Å². The number of anilines is 1. The number of rotatable bonds is 6. The second-order valence-electron chi connectivity index (χ2n) is 8.30. The third kappa shape index (κ3) is 4.90. The molecule has 4 rings (SSSR count). The van der Waals surface area contributed by atoms with E-state index in [0.717, 1.165) is 31.4 Å². The first kappa shape index (κ1) is 23.0. The van der Waals surface area contributed by atoms with E-state index in [2.05, 4.69) is 16.8 Å². The summed E-state index contributed by atoms with van der Waals surface area (Å²) in [5, 5.41) is 3.80. The second-order valence-corrected chi connectivity index (χ2v) is 11.2. The summed E-state index contributed by atoms with van der Waals surface area (Å²) in [6.45, 7) is 3.73. The molecule has 2 atom stereocenters. The average Bonchev–Trinajstić information content (AvgIpc) is 3.00. The Morgan fingerprint density at radius 3 is 2.44 bits per heavy atom. The van der Waals surface area contributed by atoms with Crippen molar-refractivity contribution in [3.8, 4) is 5.75 Å². The molecule has 1 N–H and O–H groups in total. The molecule has 9 heteroatoms. The van der Waals surface area contributed by atoms with Crippen LogP contribution in [0.2, 0.25) is 10.0 Å². The van der Waals surface area contributed by atoms with Crippen molar-refractivity contribution in [1.29, 1.82) is 0 Å². The van der Waals surface area contributed by atoms with E-state index >= 15 is 0 Å². The number of nitrogens with zero attached hydrogens (tertiary/aromatic N) is 1. The second kappa shape index (κ2) is 8.96. The number of sulfone groups is 1. The van der Waals surface area contributed by atoms with E-state index in [1.54, 1.807) is 30.3 Å². The number of carbonyl (C=O) groups is 1. The van der Waals surface area contributed by atoms with Gasteiger partial charge in [-0.3, -0.25) is 4.79 Å². The highest BCUT2D eigenvalue weighted by atomic mass is 35.5. The van der Waals surface area contributed by atoms with Crippen LogP contribution < -0.4 is 15.0 Å². The molecule has 2 fully saturated rings. The largest absolute Gasteiger partial charge is 0.451 e. The summed E-state index contributed by atoms with van der Waals surface area (Å²) in [6.07, 6.45) is 4.74. The smallest absolute Gasteiger partial charge is 0.286 e. The number of halogens is 2. The van der Waals surface area contributed by atoms with Crippen molar-refractivity contribution in [2.45, 2.75) is 48.7 Å². The average molecular weight is 495 g/mol. The van der Waals surface area contributed by atoms with Gasteiger partial charge in [-0.25, -0.2) is 8.42 Å². The Kier molecular flexibility index (Phi) is 6.43. The summed E-state index contributed by atoms with van der Waals surface area (Å²) in [5.41, 5.74) is 0.912. The fourth-order valence-electron chi connectivity index (χ4n) is 4.59. The molecule has 1 amide bonds. The molecule has 6 nitrogen and oxygen atoms in total. The molecule has 170 valence electrons. The molecule has 0 aromatic heterocycles. The molecule has 2 aliphatic rings. The minimum Gasteiger partial charge on any atom is -0.451 e. The zero-order valence-corrected chi connectivity index (χ0v) is 19.9. The zero-order valence-electron chi connectivity index (χ0n) is 17.6. The van der Waals surface area contributed by atoms with E-state index in [4.69, 9.17) is 27.9 Å². The Labute approximate surface area is 198 Å². The number of hydrogen-bond donors (Lipinski definition) is 1. The quantitative estimate of drug-likeness (QED) is 0.468. The fourth-order valence-corrected chi connectivity index (χ4v) is 5.70. The maximum Gasteiger partial charge on any atom is 0.286 e. The Morgan fingerprint density at radius 2 is 1.81 bits per heavy atom. The fraction of sp³-hybridized carbons (Fsp3) is 0.348. The Hall–Kier alpha value is -2.22. The Balaban J connectivity index is 1.40. The van der Waals surface area contributed by atoms with E-state index in [1.807, 2.05) is 6.07 Å². The maximum atomic E-state index is 12.6. The van der Waals surface area contributed by atoms with Crippen LogP contribution in [0.1, 0.15) is 25.7 Å². The Bertz CT molecular complexity index is 1150. The minimum absolute atomic E-state index is 0.0182. The van der Waals surface area contributed by atoms with Crippen LogP contribution in [0.3, 0.4) is 0 Å². The van der Waals surface area contributed by atoms with E-state index in [9.17, 15) is 13.2 Å². The molecule has 32 heavy (non-hydrogen) atoms. The molecule has 0 radical (unpaired) electrons. The first-order valence-corrected chi connectivity index (χ1v) is 13.0. The standard InChI is InChI=1S/C23H24Cl2N2O4S/c1-14(31-22-9-6-15(24)10-21(22)25)23(28)26-16-11-18-7-8-19(12-16)27(18)17-4-3-5-20(13-17)32(2,29)30/h3-6,9-10,13,16,18-19H,1,7-8,11-12H2,2H3,(H,26,28). The number of hydrogen-bond acceptors (Lipinski definition) is 5. The van der Waals surface area contributed by atoms with Crippen LogP contribution in [-0.2, 0) is 14.6 Å². The zero-order chi connectivity index (χ0) is 23.0. The molecule has 2 saturated heterocycles. The van der Waals surface area contributed by atoms with Crippen LogP contribution >= 0.6 is 23.2 Å². The van der Waals surface area contributed by atoms with Gasteiger partial charge in [0.2, 0.25) is 0 Å². The van der Waals surface area contributed by atoms with Crippen molar-refractivity contribution >= 4 is 44.6 Å². The first-order chi connectivity index (χ1) is 15.1. The number of nitrogens with one attached hydrogen (secondary N) is 1. The SMILES string of the molecule is C=C(Oc1ccc(Cl)cc1Cl)C(=O)NC1CC2CCC(C1)N2c1cccc(S(C)(=O)=O)c1. The van der Waals surface area contributed by atoms with Crippen molar-refractivity contribution in [2.24, 2.45) is 0 Å². The van der Waals surface area contributed by atoms with Gasteiger partial charge in [0.1, 0.15) is 5.75 Å². The van der Waals surface area contributed by atoms with Gasteiger partial charge in [0.25, 0.3) is 5.91 Å². The highest BCUT2D eigenvalue weighted by molar-refractivity contribution is 7.90. The molecule has 0 spiro atoms. The summed E-state index contributed by atoms with van der Waals surface area (Å²) in [4.78, 5) is 15.3. The van der Waals surface area contributed by atoms with Gasteiger partial charge in [-0.05, 0) is 62.1 Å². The minimum atomic E-state index is -3.27. The van der Waals surface area contributed by atoms with Crippen molar-refractivity contribution in [3.05, 3.63) is 64.8 Å². The van der Waals surface area contributed by atoms with Gasteiger partial charge in [0.05, 0.1) is 9.92 Å². The molecule has 2 unspecified atom stereocenters. The topological polar surface area (TPSA) is 75.7 Å². The number of amides is 1. The molecule has 0 aliphatic carbocycles. The van der Waals surface area contributed by atoms with E-state index in [-0.39, 0.29) is 29.8 Å². The normalized spacial score (nSPS) is 22.5. The highest BCUT2D eigenvalue weighted by Crippen LogP contribution is 2.40. The van der Waals surface area contributed by atoms with Crippen LogP contribution in [0.4, 0.5) is 5.69 Å². The van der Waals surface area contributed by atoms with Gasteiger partial charge in [0, 0.05) is 35.1 Å². The predicted molar refractivity (Wildman–Crippen MR) is 126 cm³/mol. The summed E-state index contributed by atoms with van der Waals surface area (Å²) in [7, 11) is -3.27. The number of ether oxygens (including phenoxy) is 1. The summed E-state index contributed by atoms with van der Waals surface area (Å²) < 4.78 is 29.4. The molecule has 2 aliphatic heterocycles. The van der Waals surface area contributed by atoms with Gasteiger partial charge < -0.3 is 15.0 Å². The maximum absolute atomic E-state index is 12.6. The van der Waals surface area contributed by atoms with Crippen LogP contribution in [0.15, 0.2) is 59.7 Å². The van der Waals surface area contributed by atoms with Crippen molar-refractivity contribution in [2.75, 3.05) is 11.2 Å². The van der Waals surface area contributed by atoms with Gasteiger partial charge >= 0.3 is 0 Å². The molecule has 2 aromatic carbocycles. The lowest BCUT2D eigenvalue weighted by Gasteiger charge is -2.41. The van der Waals surface area contributed by atoms with Gasteiger partial charge in [0.15, 0.2) is 15.6 Å². The number of fused-ring (bicyclic) bond motifs is 2. The molecule has 2 heterocycles. The molecular weight excluding hydrogens is 471 g/mol. The van der Waals surface area contributed by atoms with Crippen LogP contribution in [-0.4, -0.2) is 38.7 Å². The Morgan fingerprint density at radius 1 is 1.12 bits per heavy atom. The number of piperidine rings is 1. The monoisotopic (exact) mass is 494 g/mol. The summed E-state index contributed by atoms with van der Waals surface area (Å²) >= 11 is 12.0. The lowest BCUT2D eigenvalue weighted by Crippen LogP contribution is -2.51. The molecule has 0 saturated carbocycles. The number of benzene rings is 2. The van der Waals surface area contributed by atoms with Gasteiger partial charge in [-0.1, -0.05) is 35.8 Å². The summed E-state index contributed by atoms with van der Waals surface area (Å²) in [6, 6.07) is 12.3. The molecular formula is C23H24Cl2N2O4S. The molecule has 2 aromatic rings.